The monoisotopic (exact) mass is 281 g/mol. The molecule has 0 bridgehead atoms. The molecule has 74 valence electrons. The van der Waals surface area contributed by atoms with Crippen molar-refractivity contribution in [1.29, 1.82) is 0 Å². The van der Waals surface area contributed by atoms with Crippen molar-refractivity contribution in [3.05, 3.63) is 40.7 Å². The largest absolute Gasteiger partial charge is 1.00 e. The van der Waals surface area contributed by atoms with Gasteiger partial charge in [0.25, 0.3) is 0 Å². The van der Waals surface area contributed by atoms with E-state index in [0.717, 1.165) is 10.9 Å². The van der Waals surface area contributed by atoms with Crippen LogP contribution in [-0.4, -0.2) is 12.4 Å². The Labute approximate surface area is 145 Å². The second-order valence-corrected chi connectivity index (χ2v) is 3.82. The number of hydrogen-bond donors (Lipinski definition) is 0. The first-order valence-corrected chi connectivity index (χ1v) is 4.93. The normalized spacial score (nSPS) is 10.4. The van der Waals surface area contributed by atoms with Crippen molar-refractivity contribution in [3.63, 3.8) is 0 Å². The number of aromatic nitrogens is 1. The fraction of sp³-hybridized carbons (Fsp3) is 0.250. The van der Waals surface area contributed by atoms with Crippen LogP contribution in [0.25, 0.3) is 10.9 Å². The summed E-state index contributed by atoms with van der Waals surface area (Å²) in [6.45, 7) is 3.94. The molecule has 0 atom stereocenters. The summed E-state index contributed by atoms with van der Waals surface area (Å²) in [5, 5.41) is 0.880. The maximum absolute atomic E-state index is 11.7. The van der Waals surface area contributed by atoms with E-state index in [1.165, 1.54) is 0 Å². The first kappa shape index (κ1) is 14.4. The van der Waals surface area contributed by atoms with Gasteiger partial charge in [0.1, 0.15) is 0 Å². The fourth-order valence-electron chi connectivity index (χ4n) is 1.78. The van der Waals surface area contributed by atoms with E-state index in [1.54, 1.807) is 4.57 Å². The number of fused-ring (bicyclic) bond motifs is 1. The zero-order valence-corrected chi connectivity index (χ0v) is 14.7. The first-order chi connectivity index (χ1) is 7.11. The summed E-state index contributed by atoms with van der Waals surface area (Å²) in [6, 6.07) is 10.4. The molecule has 2 rings (SSSR count). The number of pyridine rings is 1. The summed E-state index contributed by atoms with van der Waals surface area (Å²) >= 11 is 0. The van der Waals surface area contributed by atoms with Crippen LogP contribution in [0.15, 0.2) is 29.1 Å². The van der Waals surface area contributed by atoms with Gasteiger partial charge in [0.15, 0.2) is 5.56 Å². The molecule has 1 aromatic heterocycles. The van der Waals surface area contributed by atoms with E-state index in [1.807, 2.05) is 38.1 Å². The third kappa shape index (κ3) is 2.58. The Morgan fingerprint density at radius 1 is 1.31 bits per heavy atom. The van der Waals surface area contributed by atoms with Crippen LogP contribution in [0, 0.1) is 6.07 Å². The molecule has 1 heterocycles. The molecule has 0 N–H and O–H groups in total. The van der Waals surface area contributed by atoms with Crippen molar-refractivity contribution in [2.45, 2.75) is 19.9 Å². The van der Waals surface area contributed by atoms with Gasteiger partial charge in [-0.05, 0) is 19.4 Å². The van der Waals surface area contributed by atoms with E-state index in [9.17, 15) is 4.79 Å². The van der Waals surface area contributed by atoms with Gasteiger partial charge in [0, 0.05) is 6.04 Å². The Kier molecular flexibility index (Phi) is 5.17. The number of hydrogen-bond acceptors (Lipinski definition) is 1. The topological polar surface area (TPSA) is 22.0 Å². The minimum atomic E-state index is -0.166. The zero-order chi connectivity index (χ0) is 11.0. The summed E-state index contributed by atoms with van der Waals surface area (Å²) in [4.78, 5) is 11.7. The Morgan fingerprint density at radius 2 is 1.94 bits per heavy atom. The van der Waals surface area contributed by atoms with E-state index < -0.39 is 0 Å². The van der Waals surface area contributed by atoms with Gasteiger partial charge in [-0.15, -0.1) is 6.07 Å². The molecule has 0 unspecified atom stereocenters. The predicted molar refractivity (Wildman–Crippen MR) is 62.8 cm³/mol. The molecule has 2 nitrogen and oxygen atoms in total. The molecular formula is C12H11BNORb. The van der Waals surface area contributed by atoms with E-state index >= 15 is 0 Å². The average molecular weight is 282 g/mol. The van der Waals surface area contributed by atoms with Crippen molar-refractivity contribution in [3.8, 4) is 0 Å². The maximum atomic E-state index is 11.7. The van der Waals surface area contributed by atoms with Crippen LogP contribution in [0.2, 0.25) is 0 Å². The zero-order valence-electron chi connectivity index (χ0n) is 9.82. The molecule has 0 saturated heterocycles. The predicted octanol–water partition coefficient (Wildman–Crippen LogP) is -1.82. The minimum Gasteiger partial charge on any atom is -0.339 e. The van der Waals surface area contributed by atoms with Crippen LogP contribution in [0.4, 0.5) is 0 Å². The fourth-order valence-corrected chi connectivity index (χ4v) is 1.78. The van der Waals surface area contributed by atoms with Crippen molar-refractivity contribution in [2.75, 3.05) is 0 Å². The van der Waals surface area contributed by atoms with Gasteiger partial charge < -0.3 is 4.57 Å². The van der Waals surface area contributed by atoms with Crippen LogP contribution < -0.4 is 69.2 Å². The Morgan fingerprint density at radius 3 is 2.56 bits per heavy atom. The molecule has 0 aliphatic rings. The first-order valence-electron chi connectivity index (χ1n) is 4.93. The van der Waals surface area contributed by atoms with Gasteiger partial charge in [0.05, 0.1) is 7.85 Å². The van der Waals surface area contributed by atoms with E-state index in [0.29, 0.717) is 5.46 Å². The molecule has 0 spiro atoms. The van der Waals surface area contributed by atoms with E-state index in [4.69, 9.17) is 7.85 Å². The van der Waals surface area contributed by atoms with Crippen molar-refractivity contribution in [2.24, 2.45) is 0 Å². The summed E-state index contributed by atoms with van der Waals surface area (Å²) in [5.41, 5.74) is 1.13. The van der Waals surface area contributed by atoms with Gasteiger partial charge in [-0.2, -0.15) is 11.5 Å². The molecule has 2 aromatic rings. The van der Waals surface area contributed by atoms with Crippen LogP contribution in [0.1, 0.15) is 19.9 Å². The standard InChI is InChI=1S/C12H11BNO.Rb/c1-8(2)14-11-6-4-3-5-9(11)10(13)7-12(14)15;/h3-6,8H,1-2H3;/q-1;+1. The Bertz CT molecular complexity index is 562. The summed E-state index contributed by atoms with van der Waals surface area (Å²) < 4.78 is 1.70. The van der Waals surface area contributed by atoms with Crippen molar-refractivity contribution in [1.82, 2.24) is 4.57 Å². The SMILES string of the molecule is [B]c1[c-]c(=O)n(C(C)C)c2ccccc12.[Rb+]. The average Bonchev–Trinajstić information content (AvgIpc) is 2.17. The number of benzene rings is 1. The number of nitrogens with zero attached hydrogens (tertiary/aromatic N) is 1. The van der Waals surface area contributed by atoms with Crippen molar-refractivity contribution >= 4 is 24.2 Å². The molecule has 4 heteroatoms. The molecular weight excluding hydrogens is 270 g/mol. The molecule has 0 amide bonds. The Hall–Kier alpha value is 0.300. The third-order valence-electron chi connectivity index (χ3n) is 2.43. The van der Waals surface area contributed by atoms with Gasteiger partial charge in [-0.3, -0.25) is 4.79 Å². The van der Waals surface area contributed by atoms with Crippen molar-refractivity contribution < 1.29 is 58.2 Å². The van der Waals surface area contributed by atoms with Gasteiger partial charge in [0.2, 0.25) is 0 Å². The van der Waals surface area contributed by atoms with E-state index in [-0.39, 0.29) is 69.8 Å². The Balaban J connectivity index is 0.00000128. The molecule has 0 aliphatic carbocycles. The maximum Gasteiger partial charge on any atom is 1.00 e. The number of rotatable bonds is 1. The quantitative estimate of drug-likeness (QED) is 0.446. The van der Waals surface area contributed by atoms with E-state index in [2.05, 4.69) is 6.07 Å². The molecule has 1 aromatic carbocycles. The molecule has 0 fully saturated rings. The minimum absolute atomic E-state index is 0. The van der Waals surface area contributed by atoms with Crippen LogP contribution in [-0.2, 0) is 0 Å². The molecule has 0 saturated carbocycles. The second kappa shape index (κ2) is 5.76. The van der Waals surface area contributed by atoms with Crippen LogP contribution >= 0.6 is 0 Å². The summed E-state index contributed by atoms with van der Waals surface area (Å²) in [7, 11) is 5.76. The second-order valence-electron chi connectivity index (χ2n) is 3.82. The molecule has 16 heavy (non-hydrogen) atoms. The third-order valence-corrected chi connectivity index (χ3v) is 2.43. The van der Waals surface area contributed by atoms with Gasteiger partial charge in [-0.25, -0.2) is 5.46 Å². The summed E-state index contributed by atoms with van der Waals surface area (Å²) in [6.07, 6.45) is 0. The number of para-hydroxylation sites is 1. The van der Waals surface area contributed by atoms with Crippen LogP contribution in [0.3, 0.4) is 0 Å². The summed E-state index contributed by atoms with van der Waals surface area (Å²) in [5.74, 6) is 0. The molecule has 2 radical (unpaired) electrons. The molecule has 0 aliphatic heterocycles. The van der Waals surface area contributed by atoms with Crippen LogP contribution in [0.5, 0.6) is 0 Å². The smallest absolute Gasteiger partial charge is 0.339 e. The van der Waals surface area contributed by atoms with Gasteiger partial charge >= 0.3 is 58.2 Å². The van der Waals surface area contributed by atoms with Gasteiger partial charge in [-0.1, -0.05) is 18.2 Å².